The second-order valence-electron chi connectivity index (χ2n) is 4.28. The van der Waals surface area contributed by atoms with Crippen molar-refractivity contribution >= 4 is 15.9 Å². The highest BCUT2D eigenvalue weighted by atomic mass is 79.9. The minimum Gasteiger partial charge on any atom is -0.481 e. The second kappa shape index (κ2) is 7.13. The van der Waals surface area contributed by atoms with Crippen molar-refractivity contribution in [1.82, 2.24) is 10.5 Å². The maximum absolute atomic E-state index is 5.52. The lowest BCUT2D eigenvalue weighted by molar-refractivity contribution is 0.359. The molecule has 0 aliphatic heterocycles. The molecule has 1 aromatic heterocycles. The van der Waals surface area contributed by atoms with Crippen LogP contribution in [0.3, 0.4) is 0 Å². The van der Waals surface area contributed by atoms with E-state index in [9.17, 15) is 0 Å². The zero-order chi connectivity index (χ0) is 14.4. The number of nitrogens with one attached hydrogen (secondary N) is 1. The van der Waals surface area contributed by atoms with Gasteiger partial charge in [-0.3, -0.25) is 0 Å². The Hall–Kier alpha value is -1.77. The number of rotatable bonds is 6. The van der Waals surface area contributed by atoms with E-state index in [1.54, 1.807) is 0 Å². The number of terminal acetylenes is 1. The van der Waals surface area contributed by atoms with Crippen molar-refractivity contribution in [2.24, 2.45) is 0 Å². The molecule has 0 aliphatic rings. The second-order valence-corrected chi connectivity index (χ2v) is 5.20. The Balaban J connectivity index is 1.97. The van der Waals surface area contributed by atoms with Crippen LogP contribution in [0.25, 0.3) is 0 Å². The molecule has 0 saturated carbocycles. The first-order chi connectivity index (χ1) is 9.69. The van der Waals surface area contributed by atoms with E-state index in [0.717, 1.165) is 27.2 Å². The summed E-state index contributed by atoms with van der Waals surface area (Å²) in [4.78, 5) is 0. The maximum Gasteiger partial charge on any atom is 0.150 e. The molecule has 0 fully saturated rings. The molecule has 0 unspecified atom stereocenters. The zero-order valence-electron chi connectivity index (χ0n) is 11.1. The van der Waals surface area contributed by atoms with Gasteiger partial charge in [-0.2, -0.15) is 0 Å². The number of halogens is 1. The van der Waals surface area contributed by atoms with E-state index in [4.69, 9.17) is 15.7 Å². The standard InChI is InChI=1S/C15H15BrN2O2/c1-3-6-19-15-5-4-13(16)8-12(15)9-17-10-14-7-11(2)18-20-14/h1,4-5,7-8,17H,6,9-10H2,2H3. The SMILES string of the molecule is C#CCOc1ccc(Br)cc1CNCc1cc(C)no1. The van der Waals surface area contributed by atoms with E-state index in [2.05, 4.69) is 32.3 Å². The molecule has 0 spiro atoms. The van der Waals surface area contributed by atoms with Crippen molar-refractivity contribution in [3.05, 3.63) is 45.8 Å². The fraction of sp³-hybridized carbons (Fsp3) is 0.267. The summed E-state index contributed by atoms with van der Waals surface area (Å²) in [7, 11) is 0. The van der Waals surface area contributed by atoms with Gasteiger partial charge in [0.1, 0.15) is 12.4 Å². The van der Waals surface area contributed by atoms with Crippen molar-refractivity contribution in [2.75, 3.05) is 6.61 Å². The molecule has 5 heteroatoms. The Labute approximate surface area is 126 Å². The smallest absolute Gasteiger partial charge is 0.150 e. The predicted molar refractivity (Wildman–Crippen MR) is 80.3 cm³/mol. The average molecular weight is 335 g/mol. The normalized spacial score (nSPS) is 10.2. The van der Waals surface area contributed by atoms with Gasteiger partial charge in [-0.15, -0.1) is 6.42 Å². The number of aryl methyl sites for hydroxylation is 1. The molecule has 0 bridgehead atoms. The fourth-order valence-corrected chi connectivity index (χ4v) is 2.17. The van der Waals surface area contributed by atoms with Gasteiger partial charge in [-0.1, -0.05) is 27.0 Å². The Morgan fingerprint density at radius 3 is 2.95 bits per heavy atom. The lowest BCUT2D eigenvalue weighted by Crippen LogP contribution is -2.13. The highest BCUT2D eigenvalue weighted by Crippen LogP contribution is 2.23. The van der Waals surface area contributed by atoms with Crippen LogP contribution in [-0.2, 0) is 13.1 Å². The van der Waals surface area contributed by atoms with E-state index >= 15 is 0 Å². The van der Waals surface area contributed by atoms with E-state index in [1.165, 1.54) is 0 Å². The summed E-state index contributed by atoms with van der Waals surface area (Å²) < 4.78 is 11.7. The van der Waals surface area contributed by atoms with Crippen molar-refractivity contribution in [3.8, 4) is 18.1 Å². The van der Waals surface area contributed by atoms with Crippen molar-refractivity contribution < 1.29 is 9.26 Å². The molecule has 4 nitrogen and oxygen atoms in total. The summed E-state index contributed by atoms with van der Waals surface area (Å²) in [5, 5.41) is 7.13. The van der Waals surface area contributed by atoms with Crippen LogP contribution in [0.5, 0.6) is 5.75 Å². The van der Waals surface area contributed by atoms with Crippen LogP contribution < -0.4 is 10.1 Å². The minimum absolute atomic E-state index is 0.260. The van der Waals surface area contributed by atoms with Gasteiger partial charge in [0.25, 0.3) is 0 Å². The third kappa shape index (κ3) is 4.12. The van der Waals surface area contributed by atoms with Gasteiger partial charge in [0.15, 0.2) is 5.76 Å². The molecule has 1 N–H and O–H groups in total. The Kier molecular flexibility index (Phi) is 5.22. The van der Waals surface area contributed by atoms with Gasteiger partial charge in [0.2, 0.25) is 0 Å². The summed E-state index contributed by atoms with van der Waals surface area (Å²) in [5.74, 6) is 4.06. The monoisotopic (exact) mass is 334 g/mol. The fourth-order valence-electron chi connectivity index (χ4n) is 1.77. The first-order valence-electron chi connectivity index (χ1n) is 6.16. The molecule has 1 aromatic carbocycles. The predicted octanol–water partition coefficient (Wildman–Crippen LogP) is 3.05. The van der Waals surface area contributed by atoms with Gasteiger partial charge >= 0.3 is 0 Å². The summed E-state index contributed by atoms with van der Waals surface area (Å²) >= 11 is 3.45. The molecular formula is C15H15BrN2O2. The molecule has 0 aliphatic carbocycles. The van der Waals surface area contributed by atoms with Gasteiger partial charge in [0.05, 0.1) is 12.2 Å². The van der Waals surface area contributed by atoms with Gasteiger partial charge in [-0.05, 0) is 25.1 Å². The highest BCUT2D eigenvalue weighted by molar-refractivity contribution is 9.10. The first kappa shape index (κ1) is 14.6. The van der Waals surface area contributed by atoms with Crippen LogP contribution in [-0.4, -0.2) is 11.8 Å². The summed E-state index contributed by atoms with van der Waals surface area (Å²) in [6.07, 6.45) is 5.22. The molecule has 0 radical (unpaired) electrons. The highest BCUT2D eigenvalue weighted by Gasteiger charge is 2.06. The molecule has 20 heavy (non-hydrogen) atoms. The molecule has 1 heterocycles. The molecule has 0 saturated heterocycles. The van der Waals surface area contributed by atoms with Crippen LogP contribution in [0.15, 0.2) is 33.3 Å². The summed E-state index contributed by atoms with van der Waals surface area (Å²) in [6, 6.07) is 7.74. The molecule has 104 valence electrons. The van der Waals surface area contributed by atoms with Gasteiger partial charge in [-0.25, -0.2) is 0 Å². The van der Waals surface area contributed by atoms with E-state index < -0.39 is 0 Å². The summed E-state index contributed by atoms with van der Waals surface area (Å²) in [6.45, 7) is 3.42. The topological polar surface area (TPSA) is 47.3 Å². The van der Waals surface area contributed by atoms with Crippen LogP contribution >= 0.6 is 15.9 Å². The van der Waals surface area contributed by atoms with E-state index in [1.807, 2.05) is 31.2 Å². The lowest BCUT2D eigenvalue weighted by atomic mass is 10.2. The van der Waals surface area contributed by atoms with Crippen LogP contribution in [0, 0.1) is 19.3 Å². The summed E-state index contributed by atoms with van der Waals surface area (Å²) in [5.41, 5.74) is 1.91. The molecule has 0 amide bonds. The lowest BCUT2D eigenvalue weighted by Gasteiger charge is -2.10. The van der Waals surface area contributed by atoms with Gasteiger partial charge < -0.3 is 14.6 Å². The van der Waals surface area contributed by atoms with E-state index in [-0.39, 0.29) is 6.61 Å². The van der Waals surface area contributed by atoms with Crippen LogP contribution in [0.1, 0.15) is 17.0 Å². The largest absolute Gasteiger partial charge is 0.481 e. The first-order valence-corrected chi connectivity index (χ1v) is 6.96. The van der Waals surface area contributed by atoms with E-state index in [0.29, 0.717) is 13.1 Å². The minimum atomic E-state index is 0.260. The van der Waals surface area contributed by atoms with Crippen molar-refractivity contribution in [2.45, 2.75) is 20.0 Å². The number of hydrogen-bond donors (Lipinski definition) is 1. The Morgan fingerprint density at radius 2 is 2.25 bits per heavy atom. The quantitative estimate of drug-likeness (QED) is 0.825. The van der Waals surface area contributed by atoms with Crippen molar-refractivity contribution in [3.63, 3.8) is 0 Å². The average Bonchev–Trinajstić information content (AvgIpc) is 2.84. The van der Waals surface area contributed by atoms with Crippen LogP contribution in [0.4, 0.5) is 0 Å². The Morgan fingerprint density at radius 1 is 1.40 bits per heavy atom. The van der Waals surface area contributed by atoms with Crippen molar-refractivity contribution in [1.29, 1.82) is 0 Å². The maximum atomic E-state index is 5.52. The number of nitrogens with zero attached hydrogens (tertiary/aromatic N) is 1. The number of aromatic nitrogens is 1. The number of hydrogen-bond acceptors (Lipinski definition) is 4. The number of benzene rings is 1. The number of ether oxygens (including phenoxy) is 1. The zero-order valence-corrected chi connectivity index (χ0v) is 12.7. The Bertz CT molecular complexity index is 617. The van der Waals surface area contributed by atoms with Crippen LogP contribution in [0.2, 0.25) is 0 Å². The molecule has 2 rings (SSSR count). The molecule has 2 aromatic rings. The third-order valence-corrected chi connectivity index (χ3v) is 3.12. The molecular weight excluding hydrogens is 320 g/mol. The van der Waals surface area contributed by atoms with Gasteiger partial charge in [0, 0.05) is 22.6 Å². The third-order valence-electron chi connectivity index (χ3n) is 2.62. The molecule has 0 atom stereocenters.